The zero-order valence-corrected chi connectivity index (χ0v) is 28.8. The molecule has 0 radical (unpaired) electrons. The molecule has 0 fully saturated rings. The fourth-order valence-electron chi connectivity index (χ4n) is 8.48. The Kier molecular flexibility index (Phi) is 6.40. The molecule has 0 N–H and O–H groups in total. The van der Waals surface area contributed by atoms with E-state index in [4.69, 9.17) is 15.0 Å². The van der Waals surface area contributed by atoms with E-state index in [1.54, 1.807) is 0 Å². The van der Waals surface area contributed by atoms with Crippen molar-refractivity contribution in [1.82, 2.24) is 15.0 Å². The largest absolute Gasteiger partial charge is 0.208 e. The molecule has 3 nitrogen and oxygen atoms in total. The monoisotopic (exact) mass is 679 g/mol. The van der Waals surface area contributed by atoms with Crippen LogP contribution in [0.25, 0.3) is 66.8 Å². The maximum atomic E-state index is 5.15. The van der Waals surface area contributed by atoms with Crippen molar-refractivity contribution in [3.63, 3.8) is 0 Å². The van der Waals surface area contributed by atoms with Crippen LogP contribution < -0.4 is 0 Å². The van der Waals surface area contributed by atoms with Gasteiger partial charge in [0.2, 0.25) is 0 Å². The van der Waals surface area contributed by atoms with Crippen LogP contribution in [-0.4, -0.2) is 15.0 Å². The minimum absolute atomic E-state index is 0.552. The average Bonchev–Trinajstić information content (AvgIpc) is 3.51. The zero-order chi connectivity index (χ0) is 34.2. The van der Waals surface area contributed by atoms with Crippen LogP contribution in [0.15, 0.2) is 186 Å². The molecule has 2 aliphatic rings. The van der Waals surface area contributed by atoms with Crippen LogP contribution in [0.1, 0.15) is 22.3 Å². The van der Waals surface area contributed by atoms with Gasteiger partial charge in [-0.15, -0.1) is 0 Å². The third kappa shape index (κ3) is 4.19. The molecule has 2 heterocycles. The van der Waals surface area contributed by atoms with Crippen LogP contribution in [0.2, 0.25) is 0 Å². The van der Waals surface area contributed by atoms with Crippen molar-refractivity contribution >= 4 is 33.3 Å². The van der Waals surface area contributed by atoms with Crippen LogP contribution in [0.5, 0.6) is 0 Å². The molecule has 242 valence electrons. The summed E-state index contributed by atoms with van der Waals surface area (Å²) in [6.07, 6.45) is 0. The minimum atomic E-state index is -0.552. The highest BCUT2D eigenvalue weighted by molar-refractivity contribution is 8.00. The van der Waals surface area contributed by atoms with E-state index in [9.17, 15) is 0 Å². The number of fused-ring (bicyclic) bond motifs is 13. The van der Waals surface area contributed by atoms with Crippen LogP contribution >= 0.6 is 11.8 Å². The standard InChI is InChI=1S/C48H29N3S/c1-3-15-32(16-4-1)45-49-46(33-17-5-2-6-18-33)51-47(50-45)34-23-26-38-37-21-11-12-22-39(37)48(42(38)29-34)40-27-24-30-13-7-9-19-35(30)43(40)52-44-36-20-10-8-14-31(36)25-28-41(44)48/h1-29H. The fraction of sp³-hybridized carbons (Fsp3) is 0.0208. The Morgan fingerprint density at radius 1 is 0.346 bits per heavy atom. The molecule has 0 saturated heterocycles. The van der Waals surface area contributed by atoms with E-state index < -0.39 is 5.41 Å². The minimum Gasteiger partial charge on any atom is -0.208 e. The molecule has 11 rings (SSSR count). The van der Waals surface area contributed by atoms with Gasteiger partial charge in [0.15, 0.2) is 17.5 Å². The highest BCUT2D eigenvalue weighted by Gasteiger charge is 2.51. The van der Waals surface area contributed by atoms with E-state index in [-0.39, 0.29) is 0 Å². The smallest absolute Gasteiger partial charge is 0.164 e. The van der Waals surface area contributed by atoms with Gasteiger partial charge < -0.3 is 0 Å². The first-order valence-corrected chi connectivity index (χ1v) is 18.4. The molecule has 9 aromatic rings. The lowest BCUT2D eigenvalue weighted by molar-refractivity contribution is 0.729. The van der Waals surface area contributed by atoms with E-state index >= 15 is 0 Å². The second-order valence-electron chi connectivity index (χ2n) is 13.5. The summed E-state index contributed by atoms with van der Waals surface area (Å²) in [4.78, 5) is 17.9. The van der Waals surface area contributed by atoms with E-state index in [1.165, 1.54) is 64.7 Å². The second-order valence-corrected chi connectivity index (χ2v) is 14.5. The molecular formula is C48H29N3S. The summed E-state index contributed by atoms with van der Waals surface area (Å²) in [6, 6.07) is 63.2. The molecule has 1 aromatic heterocycles. The van der Waals surface area contributed by atoms with Crippen molar-refractivity contribution in [2.45, 2.75) is 15.2 Å². The predicted octanol–water partition coefficient (Wildman–Crippen LogP) is 12.0. The second kappa shape index (κ2) is 11.3. The molecule has 8 aromatic carbocycles. The van der Waals surface area contributed by atoms with Crippen molar-refractivity contribution < 1.29 is 0 Å². The summed E-state index contributed by atoms with van der Waals surface area (Å²) >= 11 is 1.92. The van der Waals surface area contributed by atoms with Gasteiger partial charge in [-0.2, -0.15) is 0 Å². The first kappa shape index (κ1) is 29.4. The Morgan fingerprint density at radius 2 is 0.827 bits per heavy atom. The number of hydrogen-bond donors (Lipinski definition) is 0. The van der Waals surface area contributed by atoms with Crippen LogP contribution in [0.4, 0.5) is 0 Å². The number of nitrogens with zero attached hydrogens (tertiary/aromatic N) is 3. The summed E-state index contributed by atoms with van der Waals surface area (Å²) in [6.45, 7) is 0. The summed E-state index contributed by atoms with van der Waals surface area (Å²) in [5.41, 5.74) is 10.0. The summed E-state index contributed by atoms with van der Waals surface area (Å²) in [5.74, 6) is 1.97. The van der Waals surface area contributed by atoms with Gasteiger partial charge >= 0.3 is 0 Å². The van der Waals surface area contributed by atoms with Crippen molar-refractivity contribution in [2.75, 3.05) is 0 Å². The Morgan fingerprint density at radius 3 is 1.42 bits per heavy atom. The molecular weight excluding hydrogens is 651 g/mol. The SMILES string of the molecule is c1ccc(-c2nc(-c3ccccc3)nc(-c3ccc4c(c3)C3(c5ccccc5-4)c4ccc5ccccc5c4Sc4c3ccc3ccccc43)n2)cc1. The van der Waals surface area contributed by atoms with E-state index in [0.717, 1.165) is 16.7 Å². The molecule has 0 bridgehead atoms. The number of hydrogen-bond acceptors (Lipinski definition) is 4. The average molecular weight is 680 g/mol. The van der Waals surface area contributed by atoms with E-state index in [2.05, 4.69) is 140 Å². The number of aromatic nitrogens is 3. The molecule has 0 amide bonds. The van der Waals surface area contributed by atoms with Gasteiger partial charge in [-0.25, -0.2) is 15.0 Å². The molecule has 1 spiro atoms. The normalized spacial score (nSPS) is 13.5. The van der Waals surface area contributed by atoms with E-state index in [0.29, 0.717) is 17.5 Å². The highest BCUT2D eigenvalue weighted by Crippen LogP contribution is 2.64. The lowest BCUT2D eigenvalue weighted by Gasteiger charge is -2.40. The van der Waals surface area contributed by atoms with Gasteiger partial charge in [-0.1, -0.05) is 182 Å². The third-order valence-electron chi connectivity index (χ3n) is 10.8. The van der Waals surface area contributed by atoms with Crippen LogP contribution in [-0.2, 0) is 5.41 Å². The quantitative estimate of drug-likeness (QED) is 0.186. The Hall–Kier alpha value is -6.36. The zero-order valence-electron chi connectivity index (χ0n) is 28.0. The Bertz CT molecular complexity index is 2740. The van der Waals surface area contributed by atoms with Crippen molar-refractivity contribution in [3.8, 4) is 45.3 Å². The van der Waals surface area contributed by atoms with E-state index in [1.807, 2.05) is 48.2 Å². The number of rotatable bonds is 3. The van der Waals surface area contributed by atoms with Crippen molar-refractivity contribution in [3.05, 3.63) is 198 Å². The molecule has 1 aliphatic heterocycles. The predicted molar refractivity (Wildman–Crippen MR) is 213 cm³/mol. The Balaban J connectivity index is 1.24. The molecule has 0 saturated carbocycles. The van der Waals surface area contributed by atoms with Crippen molar-refractivity contribution in [1.29, 1.82) is 0 Å². The summed E-state index contributed by atoms with van der Waals surface area (Å²) in [5, 5.41) is 5.06. The van der Waals surface area contributed by atoms with Gasteiger partial charge in [0.25, 0.3) is 0 Å². The highest BCUT2D eigenvalue weighted by atomic mass is 32.2. The van der Waals surface area contributed by atoms with Gasteiger partial charge in [0.1, 0.15) is 0 Å². The van der Waals surface area contributed by atoms with Gasteiger partial charge in [-0.05, 0) is 61.0 Å². The Labute approximate surface area is 305 Å². The summed E-state index contributed by atoms with van der Waals surface area (Å²) in [7, 11) is 0. The van der Waals surface area contributed by atoms with Crippen LogP contribution in [0.3, 0.4) is 0 Å². The topological polar surface area (TPSA) is 38.7 Å². The fourth-order valence-corrected chi connectivity index (χ4v) is 9.94. The van der Waals surface area contributed by atoms with Gasteiger partial charge in [-0.3, -0.25) is 0 Å². The third-order valence-corrected chi connectivity index (χ3v) is 12.1. The maximum Gasteiger partial charge on any atom is 0.164 e. The first-order chi connectivity index (χ1) is 25.8. The lowest BCUT2D eigenvalue weighted by atomic mass is 9.66. The van der Waals surface area contributed by atoms with Gasteiger partial charge in [0, 0.05) is 26.5 Å². The summed E-state index contributed by atoms with van der Waals surface area (Å²) < 4.78 is 0. The molecule has 1 aliphatic carbocycles. The number of benzene rings is 8. The van der Waals surface area contributed by atoms with Crippen LogP contribution in [0, 0.1) is 0 Å². The van der Waals surface area contributed by atoms with Gasteiger partial charge in [0.05, 0.1) is 5.41 Å². The van der Waals surface area contributed by atoms with Crippen molar-refractivity contribution in [2.24, 2.45) is 0 Å². The molecule has 4 heteroatoms. The first-order valence-electron chi connectivity index (χ1n) is 17.6. The lowest BCUT2D eigenvalue weighted by Crippen LogP contribution is -2.32. The molecule has 0 unspecified atom stereocenters. The molecule has 0 atom stereocenters. The maximum absolute atomic E-state index is 5.15. The molecule has 52 heavy (non-hydrogen) atoms.